The van der Waals surface area contributed by atoms with Crippen molar-refractivity contribution in [1.29, 1.82) is 0 Å². The van der Waals surface area contributed by atoms with E-state index in [1.165, 1.54) is 73.2 Å². The number of rotatable bonds is 7. The lowest BCUT2D eigenvalue weighted by atomic mass is 9.65. The molecule has 0 heteroatoms. The largest absolute Gasteiger partial charge is 0.0842 e. The molecule has 9 rings (SSSR count). The quantitative estimate of drug-likeness (QED) is 0.179. The molecule has 5 aliphatic rings. The van der Waals surface area contributed by atoms with Crippen LogP contribution in [0.5, 0.6) is 0 Å². The van der Waals surface area contributed by atoms with Crippen LogP contribution in [0.2, 0.25) is 0 Å². The van der Waals surface area contributed by atoms with Gasteiger partial charge in [-0.2, -0.15) is 0 Å². The molecule has 0 saturated heterocycles. The first-order chi connectivity index (χ1) is 26.8. The van der Waals surface area contributed by atoms with Gasteiger partial charge >= 0.3 is 0 Å². The molecule has 0 fully saturated rings. The van der Waals surface area contributed by atoms with Crippen molar-refractivity contribution in [2.75, 3.05) is 0 Å². The van der Waals surface area contributed by atoms with Gasteiger partial charge in [-0.05, 0) is 100 Å². The molecule has 0 spiro atoms. The monoisotopic (exact) mass is 712 g/mol. The zero-order valence-electron chi connectivity index (χ0n) is 32.9. The van der Waals surface area contributed by atoms with Crippen molar-refractivity contribution in [1.82, 2.24) is 0 Å². The van der Waals surface area contributed by atoms with Crippen LogP contribution < -0.4 is 0 Å². The van der Waals surface area contributed by atoms with Gasteiger partial charge in [0.25, 0.3) is 0 Å². The molecular weight excluding hydrogens is 661 g/mol. The van der Waals surface area contributed by atoms with Crippen LogP contribution >= 0.6 is 0 Å². The molecule has 0 aromatic heterocycles. The summed E-state index contributed by atoms with van der Waals surface area (Å²) < 4.78 is 0. The van der Waals surface area contributed by atoms with E-state index in [0.29, 0.717) is 5.92 Å². The number of allylic oxidation sites excluding steroid dienone is 18. The van der Waals surface area contributed by atoms with Crippen molar-refractivity contribution >= 4 is 5.57 Å². The van der Waals surface area contributed by atoms with Crippen molar-refractivity contribution in [3.05, 3.63) is 243 Å². The standard InChI is InChI=1S/C55H52/c1-39-28-30-47-46(26-15-14-18-40-32-34-54(4,35-33-40)42-19-8-5-9-20-42)51(53(2,3)50(47)36-39)37-41-29-31-48-45-25-16-17-27-49(45)55(52(48)38-41,43-21-10-6-11-22-43)44-23-12-7-13-24-44/h5-8,10-17,19,21-30,32-34,36-38,48H,9,18,20,31,35H2,1-4H3/b15-14+,46-26-,51-37+. The second kappa shape index (κ2) is 14.0. The third kappa shape index (κ3) is 5.98. The summed E-state index contributed by atoms with van der Waals surface area (Å²) >= 11 is 0. The average Bonchev–Trinajstić information content (AvgIpc) is 3.63. The second-order valence-corrected chi connectivity index (χ2v) is 17.0. The van der Waals surface area contributed by atoms with Crippen molar-refractivity contribution in [3.63, 3.8) is 0 Å². The lowest BCUT2D eigenvalue weighted by molar-refractivity contribution is 0.492. The van der Waals surface area contributed by atoms with Gasteiger partial charge in [0.15, 0.2) is 0 Å². The van der Waals surface area contributed by atoms with E-state index in [4.69, 9.17) is 0 Å². The van der Waals surface area contributed by atoms with Crippen LogP contribution in [0.25, 0.3) is 5.57 Å². The van der Waals surface area contributed by atoms with Crippen molar-refractivity contribution in [2.45, 2.75) is 76.5 Å². The highest BCUT2D eigenvalue weighted by Crippen LogP contribution is 2.60. The van der Waals surface area contributed by atoms with E-state index in [1.807, 2.05) is 0 Å². The van der Waals surface area contributed by atoms with Gasteiger partial charge in [0, 0.05) is 16.7 Å². The smallest absolute Gasteiger partial charge is 0.0673 e. The summed E-state index contributed by atoms with van der Waals surface area (Å²) in [6.45, 7) is 9.44. The third-order valence-corrected chi connectivity index (χ3v) is 13.2. The molecule has 0 heterocycles. The summed E-state index contributed by atoms with van der Waals surface area (Å²) in [7, 11) is 0. The maximum Gasteiger partial charge on any atom is 0.0673 e. The van der Waals surface area contributed by atoms with Gasteiger partial charge in [0.05, 0.1) is 5.41 Å². The van der Waals surface area contributed by atoms with E-state index in [-0.39, 0.29) is 16.2 Å². The van der Waals surface area contributed by atoms with Crippen molar-refractivity contribution in [2.24, 2.45) is 5.41 Å². The Hall–Kier alpha value is -5.46. The molecule has 0 amide bonds. The van der Waals surface area contributed by atoms with Crippen LogP contribution in [0, 0.1) is 12.3 Å². The molecule has 4 aromatic carbocycles. The number of fused-ring (bicyclic) bond motifs is 4. The minimum absolute atomic E-state index is 0.131. The summed E-state index contributed by atoms with van der Waals surface area (Å²) in [5, 5.41) is 0. The van der Waals surface area contributed by atoms with E-state index in [2.05, 4.69) is 204 Å². The first-order valence-electron chi connectivity index (χ1n) is 20.4. The van der Waals surface area contributed by atoms with E-state index in [9.17, 15) is 0 Å². The Balaban J connectivity index is 1.09. The first-order valence-corrected chi connectivity index (χ1v) is 20.4. The molecule has 5 aliphatic carbocycles. The molecule has 55 heavy (non-hydrogen) atoms. The highest BCUT2D eigenvalue weighted by molar-refractivity contribution is 5.91. The fraction of sp³-hybridized carbons (Fsp3) is 0.236. The zero-order chi connectivity index (χ0) is 37.6. The normalized spacial score (nSPS) is 24.6. The molecule has 0 N–H and O–H groups in total. The minimum atomic E-state index is -0.349. The van der Waals surface area contributed by atoms with E-state index in [0.717, 1.165) is 25.7 Å². The summed E-state index contributed by atoms with van der Waals surface area (Å²) in [6.07, 6.45) is 34.1. The van der Waals surface area contributed by atoms with Crippen LogP contribution in [-0.4, -0.2) is 0 Å². The van der Waals surface area contributed by atoms with Crippen molar-refractivity contribution in [3.8, 4) is 0 Å². The van der Waals surface area contributed by atoms with Gasteiger partial charge < -0.3 is 0 Å². The first kappa shape index (κ1) is 35.3. The van der Waals surface area contributed by atoms with Gasteiger partial charge in [0.2, 0.25) is 0 Å². The Bertz CT molecular complexity index is 2390. The Labute approximate surface area is 329 Å². The Kier molecular flexibility index (Phi) is 8.97. The maximum atomic E-state index is 2.55. The molecule has 0 aliphatic heterocycles. The summed E-state index contributed by atoms with van der Waals surface area (Å²) in [4.78, 5) is 0. The SMILES string of the molecule is Cc1ccc2c(c1)C(C)(C)C(=C/C1=CCC3C(=C1)C(c1ccccc1)(c1ccccc1)c1ccccc13)/C2=C\C=C\CC1=CCC(C)(C2=CC=CCC2)C=C1. The van der Waals surface area contributed by atoms with Gasteiger partial charge in [-0.25, -0.2) is 0 Å². The topological polar surface area (TPSA) is 0 Å². The highest BCUT2D eigenvalue weighted by atomic mass is 14.5. The number of benzene rings is 4. The molecule has 272 valence electrons. The summed E-state index contributed by atoms with van der Waals surface area (Å²) in [6, 6.07) is 38.7. The predicted octanol–water partition coefficient (Wildman–Crippen LogP) is 14.1. The molecule has 0 nitrogen and oxygen atoms in total. The molecule has 0 bridgehead atoms. The van der Waals surface area contributed by atoms with E-state index < -0.39 is 0 Å². The number of aryl methyl sites for hydroxylation is 1. The van der Waals surface area contributed by atoms with E-state index >= 15 is 0 Å². The van der Waals surface area contributed by atoms with Crippen molar-refractivity contribution < 1.29 is 0 Å². The Morgan fingerprint density at radius 3 is 2.25 bits per heavy atom. The molecule has 2 unspecified atom stereocenters. The number of hydrogen-bond acceptors (Lipinski definition) is 0. The highest BCUT2D eigenvalue weighted by Gasteiger charge is 2.50. The number of hydrogen-bond donors (Lipinski definition) is 0. The van der Waals surface area contributed by atoms with Crippen LogP contribution in [0.3, 0.4) is 0 Å². The fourth-order valence-electron chi connectivity index (χ4n) is 10.2. The second-order valence-electron chi connectivity index (χ2n) is 17.0. The van der Waals surface area contributed by atoms with E-state index in [1.54, 1.807) is 5.57 Å². The van der Waals surface area contributed by atoms with Crippen LogP contribution in [0.1, 0.15) is 97.7 Å². The summed E-state index contributed by atoms with van der Waals surface area (Å²) in [5.41, 5.74) is 17.8. The Morgan fingerprint density at radius 2 is 1.55 bits per heavy atom. The van der Waals surface area contributed by atoms with Gasteiger partial charge in [-0.1, -0.05) is 208 Å². The van der Waals surface area contributed by atoms with Gasteiger partial charge in [-0.15, -0.1) is 0 Å². The molecule has 2 atom stereocenters. The predicted molar refractivity (Wildman–Crippen MR) is 233 cm³/mol. The lowest BCUT2D eigenvalue weighted by Crippen LogP contribution is -2.30. The Morgan fingerprint density at radius 1 is 0.800 bits per heavy atom. The fourth-order valence-corrected chi connectivity index (χ4v) is 10.2. The summed E-state index contributed by atoms with van der Waals surface area (Å²) in [5.74, 6) is 0.338. The maximum absolute atomic E-state index is 2.55. The minimum Gasteiger partial charge on any atom is -0.0842 e. The zero-order valence-corrected chi connectivity index (χ0v) is 32.9. The van der Waals surface area contributed by atoms with Crippen LogP contribution in [-0.2, 0) is 10.8 Å². The lowest BCUT2D eigenvalue weighted by Gasteiger charge is -2.36. The third-order valence-electron chi connectivity index (χ3n) is 13.2. The molecule has 0 saturated carbocycles. The van der Waals surface area contributed by atoms with Gasteiger partial charge in [-0.3, -0.25) is 0 Å². The molecule has 0 radical (unpaired) electrons. The van der Waals surface area contributed by atoms with Crippen LogP contribution in [0.4, 0.5) is 0 Å². The molecular formula is C55H52. The van der Waals surface area contributed by atoms with Crippen LogP contribution in [0.15, 0.2) is 204 Å². The average molecular weight is 713 g/mol. The molecule has 4 aromatic rings. The van der Waals surface area contributed by atoms with Gasteiger partial charge in [0.1, 0.15) is 0 Å².